The van der Waals surface area contributed by atoms with Gasteiger partial charge < -0.3 is 0 Å². The van der Waals surface area contributed by atoms with Gasteiger partial charge in [0.25, 0.3) is 0 Å². The highest BCUT2D eigenvalue weighted by atomic mass is 32.2. The minimum atomic E-state index is -3.49. The molecule has 1 atom stereocenters. The molecule has 0 N–H and O–H groups in total. The Bertz CT molecular complexity index is 973. The molecular formula is C23H22O2S. The molecular weight excluding hydrogens is 340 g/mol. The van der Waals surface area contributed by atoms with Crippen LogP contribution in [0.4, 0.5) is 0 Å². The average Bonchev–Trinajstić information content (AvgIpc) is 2.69. The van der Waals surface area contributed by atoms with Gasteiger partial charge in [0.1, 0.15) is 0 Å². The molecule has 0 saturated heterocycles. The van der Waals surface area contributed by atoms with E-state index >= 15 is 0 Å². The highest BCUT2D eigenvalue weighted by molar-refractivity contribution is 7.95. The van der Waals surface area contributed by atoms with Crippen LogP contribution >= 0.6 is 0 Å². The lowest BCUT2D eigenvalue weighted by atomic mass is 9.95. The molecule has 0 aliphatic rings. The lowest BCUT2D eigenvalue weighted by Crippen LogP contribution is -2.07. The predicted octanol–water partition coefficient (Wildman–Crippen LogP) is 5.83. The number of benzene rings is 3. The van der Waals surface area contributed by atoms with Gasteiger partial charge in [0.15, 0.2) is 0 Å². The Morgan fingerprint density at radius 2 is 1.31 bits per heavy atom. The normalized spacial score (nSPS) is 12.5. The second-order valence-electron chi connectivity index (χ2n) is 6.45. The number of hydrogen-bond donors (Lipinski definition) is 0. The fourth-order valence-corrected chi connectivity index (χ4v) is 4.29. The van der Waals surface area contributed by atoms with E-state index in [0.29, 0.717) is 11.3 Å². The van der Waals surface area contributed by atoms with Crippen LogP contribution < -0.4 is 0 Å². The van der Waals surface area contributed by atoms with Crippen LogP contribution in [0.25, 0.3) is 11.1 Å². The first kappa shape index (κ1) is 18.2. The van der Waals surface area contributed by atoms with E-state index in [-0.39, 0.29) is 10.8 Å². The molecule has 3 aromatic rings. The maximum absolute atomic E-state index is 12.6. The highest BCUT2D eigenvalue weighted by Gasteiger charge is 2.21. The van der Waals surface area contributed by atoms with Crippen LogP contribution in [-0.2, 0) is 9.84 Å². The molecule has 0 aliphatic carbocycles. The van der Waals surface area contributed by atoms with Crippen molar-refractivity contribution in [1.82, 2.24) is 0 Å². The molecule has 0 radical (unpaired) electrons. The van der Waals surface area contributed by atoms with Crippen molar-refractivity contribution in [3.05, 3.63) is 102 Å². The predicted molar refractivity (Wildman–Crippen MR) is 108 cm³/mol. The second kappa shape index (κ2) is 7.71. The maximum Gasteiger partial charge on any atom is 0.202 e. The van der Waals surface area contributed by atoms with Crippen molar-refractivity contribution in [2.45, 2.75) is 24.2 Å². The van der Waals surface area contributed by atoms with Gasteiger partial charge in [-0.2, -0.15) is 0 Å². The standard InChI is InChI=1S/C23H22O2S/c1-18(17-19(2)26(24,25)23-11-7-4-8-12-23)20-13-15-22(16-14-20)21-9-5-3-6-10-21/h3-16,18H,2,17H2,1H3. The van der Waals surface area contributed by atoms with Crippen molar-refractivity contribution in [1.29, 1.82) is 0 Å². The Hall–Kier alpha value is -2.65. The van der Waals surface area contributed by atoms with Gasteiger partial charge in [-0.15, -0.1) is 0 Å². The van der Waals surface area contributed by atoms with Gasteiger partial charge >= 0.3 is 0 Å². The largest absolute Gasteiger partial charge is 0.219 e. The summed E-state index contributed by atoms with van der Waals surface area (Å²) in [7, 11) is -3.49. The smallest absolute Gasteiger partial charge is 0.202 e. The van der Waals surface area contributed by atoms with Crippen molar-refractivity contribution >= 4 is 9.84 Å². The summed E-state index contributed by atoms with van der Waals surface area (Å²) in [5.74, 6) is 0.0748. The molecule has 0 spiro atoms. The number of allylic oxidation sites excluding steroid dienone is 1. The van der Waals surface area contributed by atoms with Crippen molar-refractivity contribution in [3.63, 3.8) is 0 Å². The van der Waals surface area contributed by atoms with Gasteiger partial charge in [-0.05, 0) is 41.2 Å². The van der Waals surface area contributed by atoms with Crippen molar-refractivity contribution in [2.24, 2.45) is 0 Å². The van der Waals surface area contributed by atoms with E-state index in [1.807, 2.05) is 25.1 Å². The molecule has 2 nitrogen and oxygen atoms in total. The Labute approximate surface area is 155 Å². The zero-order chi connectivity index (χ0) is 18.6. The number of hydrogen-bond acceptors (Lipinski definition) is 2. The molecule has 3 heteroatoms. The highest BCUT2D eigenvalue weighted by Crippen LogP contribution is 2.30. The summed E-state index contributed by atoms with van der Waals surface area (Å²) in [4.78, 5) is 0.556. The third kappa shape index (κ3) is 3.94. The lowest BCUT2D eigenvalue weighted by molar-refractivity contribution is 0.598. The van der Waals surface area contributed by atoms with Crippen LogP contribution in [0.2, 0.25) is 0 Å². The summed E-state index contributed by atoms with van der Waals surface area (Å²) in [5, 5.41) is 0. The van der Waals surface area contributed by atoms with Crippen LogP contribution in [0, 0.1) is 0 Å². The zero-order valence-corrected chi connectivity index (χ0v) is 15.6. The molecule has 0 saturated carbocycles. The van der Waals surface area contributed by atoms with Crippen LogP contribution in [0.5, 0.6) is 0 Å². The Balaban J connectivity index is 1.74. The summed E-state index contributed by atoms with van der Waals surface area (Å²) in [6, 6.07) is 27.0. The molecule has 0 aliphatic heterocycles. The molecule has 132 valence electrons. The average molecular weight is 362 g/mol. The summed E-state index contributed by atoms with van der Waals surface area (Å²) in [6.07, 6.45) is 0.405. The first-order valence-corrected chi connectivity index (χ1v) is 10.1. The quantitative estimate of drug-likeness (QED) is 0.552. The summed E-state index contributed by atoms with van der Waals surface area (Å²) < 4.78 is 25.3. The van der Waals surface area contributed by atoms with Gasteiger partial charge in [0, 0.05) is 4.91 Å². The van der Waals surface area contributed by atoms with E-state index in [1.165, 1.54) is 5.56 Å². The van der Waals surface area contributed by atoms with E-state index in [9.17, 15) is 8.42 Å². The Morgan fingerprint density at radius 3 is 1.88 bits per heavy atom. The number of sulfone groups is 1. The first-order chi connectivity index (χ1) is 12.5. The van der Waals surface area contributed by atoms with Gasteiger partial charge in [0.05, 0.1) is 4.90 Å². The van der Waals surface area contributed by atoms with Crippen LogP contribution in [-0.4, -0.2) is 8.42 Å². The lowest BCUT2D eigenvalue weighted by Gasteiger charge is -2.15. The molecule has 0 bridgehead atoms. The summed E-state index contributed by atoms with van der Waals surface area (Å²) in [6.45, 7) is 5.88. The molecule has 0 amide bonds. The second-order valence-corrected chi connectivity index (χ2v) is 8.50. The third-order valence-corrected chi connectivity index (χ3v) is 6.37. The molecule has 0 aromatic heterocycles. The molecule has 1 unspecified atom stereocenters. The van der Waals surface area contributed by atoms with E-state index in [2.05, 4.69) is 43.0 Å². The Morgan fingerprint density at radius 1 is 0.808 bits per heavy atom. The van der Waals surface area contributed by atoms with Crippen LogP contribution in [0.1, 0.15) is 24.8 Å². The first-order valence-electron chi connectivity index (χ1n) is 8.62. The van der Waals surface area contributed by atoms with Crippen LogP contribution in [0.3, 0.4) is 0 Å². The van der Waals surface area contributed by atoms with Crippen LogP contribution in [0.15, 0.2) is 101 Å². The monoisotopic (exact) mass is 362 g/mol. The van der Waals surface area contributed by atoms with Gasteiger partial charge in [-0.3, -0.25) is 0 Å². The summed E-state index contributed by atoms with van der Waals surface area (Å²) >= 11 is 0. The van der Waals surface area contributed by atoms with Gasteiger partial charge in [-0.1, -0.05) is 86.3 Å². The fraction of sp³-hybridized carbons (Fsp3) is 0.130. The summed E-state index contributed by atoms with van der Waals surface area (Å²) in [5.41, 5.74) is 3.43. The van der Waals surface area contributed by atoms with E-state index in [4.69, 9.17) is 0 Å². The minimum Gasteiger partial charge on any atom is -0.219 e. The van der Waals surface area contributed by atoms with Crippen molar-refractivity contribution < 1.29 is 8.42 Å². The third-order valence-electron chi connectivity index (χ3n) is 4.55. The molecule has 3 rings (SSSR count). The number of rotatable bonds is 6. The van der Waals surface area contributed by atoms with E-state index < -0.39 is 9.84 Å². The van der Waals surface area contributed by atoms with Gasteiger partial charge in [-0.25, -0.2) is 8.42 Å². The molecule has 26 heavy (non-hydrogen) atoms. The zero-order valence-electron chi connectivity index (χ0n) is 14.8. The Kier molecular flexibility index (Phi) is 5.38. The molecule has 0 heterocycles. The van der Waals surface area contributed by atoms with Crippen molar-refractivity contribution in [3.8, 4) is 11.1 Å². The fourth-order valence-electron chi connectivity index (χ4n) is 2.97. The SMILES string of the molecule is C=C(CC(C)c1ccc(-c2ccccc2)cc1)S(=O)(=O)c1ccccc1. The van der Waals surface area contributed by atoms with E-state index in [0.717, 1.165) is 11.1 Å². The molecule has 0 fully saturated rings. The van der Waals surface area contributed by atoms with E-state index in [1.54, 1.807) is 30.3 Å². The maximum atomic E-state index is 12.6. The van der Waals surface area contributed by atoms with Gasteiger partial charge in [0.2, 0.25) is 9.84 Å². The van der Waals surface area contributed by atoms with Crippen molar-refractivity contribution in [2.75, 3.05) is 0 Å². The topological polar surface area (TPSA) is 34.1 Å². The molecule has 3 aromatic carbocycles. The minimum absolute atomic E-state index is 0.0748.